The standard InChI is InChI=1S/C14H19N5OS/c1-3-12-17-14(19-18-12)21-9-13(20)16-10(2)8-11-4-6-15-7-5-11/h4-7,10H,3,8-9H2,1-2H3,(H,16,20)(H,17,18,19)/t10-/m1/s1. The minimum absolute atomic E-state index is 0.00981. The van der Waals surface area contributed by atoms with Gasteiger partial charge in [-0.15, -0.1) is 5.10 Å². The normalized spacial score (nSPS) is 12.1. The summed E-state index contributed by atoms with van der Waals surface area (Å²) in [6.45, 7) is 3.99. The van der Waals surface area contributed by atoms with E-state index in [1.54, 1.807) is 12.4 Å². The third-order valence-electron chi connectivity index (χ3n) is 2.88. The molecule has 6 nitrogen and oxygen atoms in total. The maximum atomic E-state index is 11.9. The molecule has 0 saturated heterocycles. The number of hydrogen-bond donors (Lipinski definition) is 2. The molecule has 0 bridgehead atoms. The molecule has 0 aliphatic rings. The first-order chi connectivity index (χ1) is 10.2. The smallest absolute Gasteiger partial charge is 0.230 e. The molecule has 0 radical (unpaired) electrons. The van der Waals surface area contributed by atoms with Crippen molar-refractivity contribution in [2.45, 2.75) is 37.9 Å². The Morgan fingerprint density at radius 2 is 2.19 bits per heavy atom. The summed E-state index contributed by atoms with van der Waals surface area (Å²) < 4.78 is 0. The van der Waals surface area contributed by atoms with Gasteiger partial charge in [-0.25, -0.2) is 4.98 Å². The Balaban J connectivity index is 1.73. The van der Waals surface area contributed by atoms with Crippen molar-refractivity contribution in [3.63, 3.8) is 0 Å². The number of amides is 1. The van der Waals surface area contributed by atoms with Crippen LogP contribution in [0.3, 0.4) is 0 Å². The lowest BCUT2D eigenvalue weighted by Gasteiger charge is -2.13. The number of aryl methyl sites for hydroxylation is 1. The lowest BCUT2D eigenvalue weighted by atomic mass is 10.1. The number of aromatic nitrogens is 4. The summed E-state index contributed by atoms with van der Waals surface area (Å²) in [5.41, 5.74) is 1.16. The highest BCUT2D eigenvalue weighted by Crippen LogP contribution is 2.12. The van der Waals surface area contributed by atoms with Gasteiger partial charge in [-0.2, -0.15) is 0 Å². The maximum absolute atomic E-state index is 11.9. The van der Waals surface area contributed by atoms with E-state index in [1.165, 1.54) is 11.8 Å². The van der Waals surface area contributed by atoms with Crippen LogP contribution in [0.4, 0.5) is 0 Å². The number of nitrogens with zero attached hydrogens (tertiary/aromatic N) is 3. The van der Waals surface area contributed by atoms with Crippen LogP contribution in [-0.4, -0.2) is 37.9 Å². The molecule has 0 fully saturated rings. The fourth-order valence-electron chi connectivity index (χ4n) is 1.87. The second kappa shape index (κ2) is 7.78. The number of carbonyl (C=O) groups excluding carboxylic acids is 1. The molecular weight excluding hydrogens is 286 g/mol. The molecule has 7 heteroatoms. The van der Waals surface area contributed by atoms with Crippen LogP contribution in [0.1, 0.15) is 25.2 Å². The lowest BCUT2D eigenvalue weighted by Crippen LogP contribution is -2.35. The quantitative estimate of drug-likeness (QED) is 0.759. The van der Waals surface area contributed by atoms with Gasteiger partial charge in [-0.3, -0.25) is 14.9 Å². The second-order valence-electron chi connectivity index (χ2n) is 4.74. The van der Waals surface area contributed by atoms with E-state index in [9.17, 15) is 4.79 Å². The Hall–Kier alpha value is -1.89. The molecule has 1 atom stereocenters. The summed E-state index contributed by atoms with van der Waals surface area (Å²) in [6.07, 6.45) is 5.12. The number of aromatic amines is 1. The summed E-state index contributed by atoms with van der Waals surface area (Å²) in [5, 5.41) is 10.5. The van der Waals surface area contributed by atoms with E-state index in [4.69, 9.17) is 0 Å². The molecule has 112 valence electrons. The van der Waals surface area contributed by atoms with Gasteiger partial charge in [0.05, 0.1) is 5.75 Å². The van der Waals surface area contributed by atoms with Gasteiger partial charge in [-0.1, -0.05) is 18.7 Å². The SMILES string of the molecule is CCc1nc(SCC(=O)N[C@H](C)Cc2ccncc2)n[nH]1. The molecular formula is C14H19N5OS. The highest BCUT2D eigenvalue weighted by atomic mass is 32.2. The van der Waals surface area contributed by atoms with Crippen LogP contribution < -0.4 is 5.32 Å². The van der Waals surface area contributed by atoms with Crippen molar-refractivity contribution in [1.29, 1.82) is 0 Å². The van der Waals surface area contributed by atoms with Crippen LogP contribution >= 0.6 is 11.8 Å². The fraction of sp³-hybridized carbons (Fsp3) is 0.429. The van der Waals surface area contributed by atoms with Gasteiger partial charge in [0.2, 0.25) is 11.1 Å². The number of pyridine rings is 1. The highest BCUT2D eigenvalue weighted by Gasteiger charge is 2.10. The van der Waals surface area contributed by atoms with Crippen LogP contribution in [0.25, 0.3) is 0 Å². The van der Waals surface area contributed by atoms with Crippen LogP contribution in [0.15, 0.2) is 29.7 Å². The maximum Gasteiger partial charge on any atom is 0.230 e. The molecule has 21 heavy (non-hydrogen) atoms. The van der Waals surface area contributed by atoms with Gasteiger partial charge in [0.15, 0.2) is 0 Å². The molecule has 0 aromatic carbocycles. The number of hydrogen-bond acceptors (Lipinski definition) is 5. The van der Waals surface area contributed by atoms with E-state index in [-0.39, 0.29) is 11.9 Å². The summed E-state index contributed by atoms with van der Waals surface area (Å²) >= 11 is 1.34. The molecule has 2 rings (SSSR count). The molecule has 2 N–H and O–H groups in total. The van der Waals surface area contributed by atoms with Crippen molar-refractivity contribution in [1.82, 2.24) is 25.5 Å². The molecule has 0 spiro atoms. The monoisotopic (exact) mass is 305 g/mol. The predicted molar refractivity (Wildman–Crippen MR) is 82.0 cm³/mol. The van der Waals surface area contributed by atoms with Crippen molar-refractivity contribution < 1.29 is 4.79 Å². The third-order valence-corrected chi connectivity index (χ3v) is 3.72. The largest absolute Gasteiger partial charge is 0.353 e. The molecule has 0 aliphatic heterocycles. The summed E-state index contributed by atoms with van der Waals surface area (Å²) in [6, 6.07) is 3.99. The molecule has 1 amide bonds. The minimum atomic E-state index is -0.00981. The van der Waals surface area contributed by atoms with Gasteiger partial charge in [0.25, 0.3) is 0 Å². The van der Waals surface area contributed by atoms with Gasteiger partial charge in [-0.05, 0) is 31.0 Å². The van der Waals surface area contributed by atoms with Crippen molar-refractivity contribution in [3.8, 4) is 0 Å². The second-order valence-corrected chi connectivity index (χ2v) is 5.68. The number of thioether (sulfide) groups is 1. The van der Waals surface area contributed by atoms with E-state index in [2.05, 4.69) is 25.5 Å². The van der Waals surface area contributed by atoms with Crippen LogP contribution in [-0.2, 0) is 17.6 Å². The lowest BCUT2D eigenvalue weighted by molar-refractivity contribution is -0.119. The van der Waals surface area contributed by atoms with E-state index >= 15 is 0 Å². The van der Waals surface area contributed by atoms with E-state index in [1.807, 2.05) is 26.0 Å². The molecule has 2 aromatic rings. The Morgan fingerprint density at radius 3 is 2.86 bits per heavy atom. The van der Waals surface area contributed by atoms with E-state index in [0.717, 1.165) is 24.2 Å². The fourth-order valence-corrected chi connectivity index (χ4v) is 2.50. The molecule has 0 unspecified atom stereocenters. The van der Waals surface area contributed by atoms with Crippen LogP contribution in [0, 0.1) is 0 Å². The first-order valence-corrected chi connectivity index (χ1v) is 7.88. The van der Waals surface area contributed by atoms with Gasteiger partial charge in [0.1, 0.15) is 5.82 Å². The number of carbonyl (C=O) groups is 1. The van der Waals surface area contributed by atoms with Crippen molar-refractivity contribution in [2.75, 3.05) is 5.75 Å². The Labute approximate surface area is 128 Å². The summed E-state index contributed by atoms with van der Waals surface area (Å²) in [4.78, 5) is 20.1. The zero-order valence-electron chi connectivity index (χ0n) is 12.2. The first-order valence-electron chi connectivity index (χ1n) is 6.89. The zero-order valence-corrected chi connectivity index (χ0v) is 13.0. The highest BCUT2D eigenvalue weighted by molar-refractivity contribution is 7.99. The molecule has 2 aromatic heterocycles. The number of rotatable bonds is 7. The average molecular weight is 305 g/mol. The van der Waals surface area contributed by atoms with Crippen molar-refractivity contribution >= 4 is 17.7 Å². The van der Waals surface area contributed by atoms with Gasteiger partial charge >= 0.3 is 0 Å². The Bertz CT molecular complexity index is 572. The topological polar surface area (TPSA) is 83.6 Å². The number of nitrogens with one attached hydrogen (secondary N) is 2. The van der Waals surface area contributed by atoms with Gasteiger partial charge < -0.3 is 5.32 Å². The third kappa shape index (κ3) is 5.18. The van der Waals surface area contributed by atoms with Crippen molar-refractivity contribution in [2.24, 2.45) is 0 Å². The predicted octanol–water partition coefficient (Wildman–Crippen LogP) is 1.60. The summed E-state index contributed by atoms with van der Waals surface area (Å²) in [5.74, 6) is 1.15. The van der Waals surface area contributed by atoms with E-state index in [0.29, 0.717) is 10.9 Å². The zero-order chi connectivity index (χ0) is 15.1. The number of H-pyrrole nitrogens is 1. The summed E-state index contributed by atoms with van der Waals surface area (Å²) in [7, 11) is 0. The van der Waals surface area contributed by atoms with Crippen molar-refractivity contribution in [3.05, 3.63) is 35.9 Å². The molecule has 0 aliphatic carbocycles. The average Bonchev–Trinajstić information content (AvgIpc) is 2.94. The Morgan fingerprint density at radius 1 is 1.43 bits per heavy atom. The van der Waals surface area contributed by atoms with Crippen LogP contribution in [0.2, 0.25) is 0 Å². The van der Waals surface area contributed by atoms with Gasteiger partial charge in [0, 0.05) is 24.9 Å². The molecule has 0 saturated carbocycles. The van der Waals surface area contributed by atoms with Crippen LogP contribution in [0.5, 0.6) is 0 Å². The first kappa shape index (κ1) is 15.5. The Kier molecular flexibility index (Phi) is 5.74. The minimum Gasteiger partial charge on any atom is -0.353 e. The molecule has 2 heterocycles. The van der Waals surface area contributed by atoms with E-state index < -0.39 is 0 Å².